The van der Waals surface area contributed by atoms with E-state index in [4.69, 9.17) is 9.47 Å². The SMILES string of the molecule is CCOc1cc(OC)ccc1C(C)(O)C#Cc1ccccc1. The summed E-state index contributed by atoms with van der Waals surface area (Å²) in [6, 6.07) is 14.9. The Balaban J connectivity index is 2.38. The summed E-state index contributed by atoms with van der Waals surface area (Å²) in [6.45, 7) is 4.06. The zero-order valence-electron chi connectivity index (χ0n) is 13.1. The number of benzene rings is 2. The lowest BCUT2D eigenvalue weighted by Crippen LogP contribution is -2.20. The molecule has 2 rings (SSSR count). The van der Waals surface area contributed by atoms with E-state index in [9.17, 15) is 5.11 Å². The fourth-order valence-corrected chi connectivity index (χ4v) is 2.09. The van der Waals surface area contributed by atoms with Gasteiger partial charge in [-0.1, -0.05) is 30.0 Å². The van der Waals surface area contributed by atoms with Crippen LogP contribution < -0.4 is 9.47 Å². The van der Waals surface area contributed by atoms with E-state index in [2.05, 4.69) is 11.8 Å². The fraction of sp³-hybridized carbons (Fsp3) is 0.263. The van der Waals surface area contributed by atoms with Crippen molar-refractivity contribution >= 4 is 0 Å². The molecule has 0 spiro atoms. The van der Waals surface area contributed by atoms with Gasteiger partial charge >= 0.3 is 0 Å². The lowest BCUT2D eigenvalue weighted by Gasteiger charge is -2.21. The van der Waals surface area contributed by atoms with Gasteiger partial charge in [0.1, 0.15) is 11.5 Å². The Hall–Kier alpha value is -2.44. The molecule has 2 aromatic rings. The molecule has 0 fully saturated rings. The van der Waals surface area contributed by atoms with Gasteiger partial charge in [0.05, 0.1) is 13.7 Å². The Labute approximate surface area is 131 Å². The Morgan fingerprint density at radius 3 is 2.50 bits per heavy atom. The summed E-state index contributed by atoms with van der Waals surface area (Å²) in [5, 5.41) is 10.7. The van der Waals surface area contributed by atoms with Crippen molar-refractivity contribution < 1.29 is 14.6 Å². The largest absolute Gasteiger partial charge is 0.497 e. The van der Waals surface area contributed by atoms with E-state index >= 15 is 0 Å². The van der Waals surface area contributed by atoms with Crippen molar-refractivity contribution in [2.24, 2.45) is 0 Å². The fourth-order valence-electron chi connectivity index (χ4n) is 2.09. The van der Waals surface area contributed by atoms with Gasteiger partial charge in [-0.25, -0.2) is 0 Å². The molecule has 0 bridgehead atoms. The third kappa shape index (κ3) is 3.81. The van der Waals surface area contributed by atoms with Crippen molar-refractivity contribution in [2.45, 2.75) is 19.4 Å². The van der Waals surface area contributed by atoms with Crippen LogP contribution in [-0.4, -0.2) is 18.8 Å². The molecular weight excluding hydrogens is 276 g/mol. The van der Waals surface area contributed by atoms with E-state index in [1.165, 1.54) is 0 Å². The number of aliphatic hydroxyl groups is 1. The van der Waals surface area contributed by atoms with Crippen LogP contribution in [0.1, 0.15) is 25.0 Å². The van der Waals surface area contributed by atoms with Crippen molar-refractivity contribution in [1.29, 1.82) is 0 Å². The summed E-state index contributed by atoms with van der Waals surface area (Å²) >= 11 is 0. The summed E-state index contributed by atoms with van der Waals surface area (Å²) in [4.78, 5) is 0. The Morgan fingerprint density at radius 2 is 1.86 bits per heavy atom. The van der Waals surface area contributed by atoms with Gasteiger partial charge in [-0.05, 0) is 38.1 Å². The van der Waals surface area contributed by atoms with Gasteiger partial charge in [-0.15, -0.1) is 0 Å². The minimum atomic E-state index is -1.31. The molecule has 0 aliphatic carbocycles. The molecule has 2 aromatic carbocycles. The molecule has 0 aliphatic heterocycles. The van der Waals surface area contributed by atoms with E-state index < -0.39 is 5.60 Å². The minimum Gasteiger partial charge on any atom is -0.497 e. The highest BCUT2D eigenvalue weighted by molar-refractivity contribution is 5.48. The molecule has 0 heterocycles. The lowest BCUT2D eigenvalue weighted by atomic mass is 9.95. The molecule has 1 unspecified atom stereocenters. The van der Waals surface area contributed by atoms with Crippen LogP contribution in [-0.2, 0) is 5.60 Å². The summed E-state index contributed by atoms with van der Waals surface area (Å²) in [5.41, 5.74) is 0.167. The second-order valence-corrected chi connectivity index (χ2v) is 4.98. The average molecular weight is 296 g/mol. The number of methoxy groups -OCH3 is 1. The van der Waals surface area contributed by atoms with Gasteiger partial charge in [-0.2, -0.15) is 0 Å². The van der Waals surface area contributed by atoms with E-state index in [0.717, 1.165) is 5.56 Å². The number of ether oxygens (including phenoxy) is 2. The van der Waals surface area contributed by atoms with Gasteiger partial charge in [0.15, 0.2) is 5.60 Å². The van der Waals surface area contributed by atoms with Gasteiger partial charge in [0.2, 0.25) is 0 Å². The normalized spacial score (nSPS) is 12.7. The van der Waals surface area contributed by atoms with E-state index in [1.807, 2.05) is 37.3 Å². The second-order valence-electron chi connectivity index (χ2n) is 4.98. The summed E-state index contributed by atoms with van der Waals surface area (Å²) in [6.07, 6.45) is 0. The van der Waals surface area contributed by atoms with E-state index in [0.29, 0.717) is 23.7 Å². The summed E-state index contributed by atoms with van der Waals surface area (Å²) in [7, 11) is 1.60. The predicted octanol–water partition coefficient (Wildman–Crippen LogP) is 3.35. The Morgan fingerprint density at radius 1 is 1.14 bits per heavy atom. The highest BCUT2D eigenvalue weighted by atomic mass is 16.5. The van der Waals surface area contributed by atoms with Gasteiger partial charge < -0.3 is 14.6 Å². The molecule has 1 N–H and O–H groups in total. The van der Waals surface area contributed by atoms with Crippen LogP contribution in [0.2, 0.25) is 0 Å². The van der Waals surface area contributed by atoms with Crippen LogP contribution in [0.15, 0.2) is 48.5 Å². The highest BCUT2D eigenvalue weighted by Crippen LogP contribution is 2.33. The molecule has 114 valence electrons. The van der Waals surface area contributed by atoms with Crippen LogP contribution in [0.5, 0.6) is 11.5 Å². The highest BCUT2D eigenvalue weighted by Gasteiger charge is 2.25. The minimum absolute atomic E-state index is 0.502. The monoisotopic (exact) mass is 296 g/mol. The van der Waals surface area contributed by atoms with Crippen molar-refractivity contribution in [1.82, 2.24) is 0 Å². The lowest BCUT2D eigenvalue weighted by molar-refractivity contribution is 0.117. The molecule has 0 aromatic heterocycles. The first kappa shape index (κ1) is 15.9. The molecule has 0 amide bonds. The summed E-state index contributed by atoms with van der Waals surface area (Å²) < 4.78 is 10.8. The van der Waals surface area contributed by atoms with Crippen LogP contribution in [0.25, 0.3) is 0 Å². The molecule has 1 atom stereocenters. The Kier molecular flexibility index (Phi) is 5.08. The summed E-state index contributed by atoms with van der Waals surface area (Å²) in [5.74, 6) is 7.16. The quantitative estimate of drug-likeness (QED) is 0.879. The van der Waals surface area contributed by atoms with Crippen molar-refractivity contribution in [3.63, 3.8) is 0 Å². The smallest absolute Gasteiger partial charge is 0.152 e. The average Bonchev–Trinajstić information content (AvgIpc) is 2.54. The second kappa shape index (κ2) is 7.02. The predicted molar refractivity (Wildman–Crippen MR) is 87.1 cm³/mol. The molecule has 0 aliphatic rings. The first-order chi connectivity index (χ1) is 10.6. The van der Waals surface area contributed by atoms with E-state index in [1.54, 1.807) is 32.2 Å². The van der Waals surface area contributed by atoms with Crippen LogP contribution in [0.4, 0.5) is 0 Å². The zero-order chi connectivity index (χ0) is 16.0. The van der Waals surface area contributed by atoms with Crippen molar-refractivity contribution in [2.75, 3.05) is 13.7 Å². The maximum Gasteiger partial charge on any atom is 0.152 e. The zero-order valence-corrected chi connectivity index (χ0v) is 13.1. The van der Waals surface area contributed by atoms with Crippen LogP contribution >= 0.6 is 0 Å². The number of hydrogen-bond donors (Lipinski definition) is 1. The van der Waals surface area contributed by atoms with Crippen molar-refractivity contribution in [3.8, 4) is 23.3 Å². The van der Waals surface area contributed by atoms with Gasteiger partial charge in [0, 0.05) is 17.2 Å². The number of hydrogen-bond acceptors (Lipinski definition) is 3. The third-order valence-electron chi connectivity index (χ3n) is 3.24. The van der Waals surface area contributed by atoms with Crippen LogP contribution in [0, 0.1) is 11.8 Å². The van der Waals surface area contributed by atoms with Gasteiger partial charge in [-0.3, -0.25) is 0 Å². The molecule has 3 nitrogen and oxygen atoms in total. The maximum absolute atomic E-state index is 10.7. The molecule has 0 radical (unpaired) electrons. The van der Waals surface area contributed by atoms with E-state index in [-0.39, 0.29) is 0 Å². The maximum atomic E-state index is 10.7. The molecule has 22 heavy (non-hydrogen) atoms. The molecule has 0 saturated heterocycles. The first-order valence-corrected chi connectivity index (χ1v) is 7.18. The first-order valence-electron chi connectivity index (χ1n) is 7.18. The Bertz CT molecular complexity index is 679. The molecule has 0 saturated carbocycles. The number of rotatable bonds is 4. The topological polar surface area (TPSA) is 38.7 Å². The van der Waals surface area contributed by atoms with Crippen LogP contribution in [0.3, 0.4) is 0 Å². The molecule has 3 heteroatoms. The van der Waals surface area contributed by atoms with Gasteiger partial charge in [0.25, 0.3) is 0 Å². The third-order valence-corrected chi connectivity index (χ3v) is 3.24. The van der Waals surface area contributed by atoms with Crippen molar-refractivity contribution in [3.05, 3.63) is 59.7 Å². The molecular formula is C19H20O3. The standard InChI is InChI=1S/C19H20O3/c1-4-22-18-14-16(21-3)10-11-17(18)19(2,20)13-12-15-8-6-5-7-9-15/h5-11,14,20H,4H2,1-3H3.